The molecular weight excluding hydrogens is 803 g/mol. The quantitative estimate of drug-likeness (QED) is 0.173. The molecule has 0 fully saturated rings. The minimum absolute atomic E-state index is 0.644. The number of hydrogen-bond acceptors (Lipinski definition) is 3. The van der Waals surface area contributed by atoms with E-state index in [9.17, 15) is 0 Å². The summed E-state index contributed by atoms with van der Waals surface area (Å²) in [4.78, 5) is 15.2. The van der Waals surface area contributed by atoms with Gasteiger partial charge in [0.25, 0.3) is 0 Å². The molecule has 1 aliphatic carbocycles. The second kappa shape index (κ2) is 14.4. The normalized spacial score (nSPS) is 12.7. The van der Waals surface area contributed by atoms with Crippen LogP contribution in [0.1, 0.15) is 17.5 Å². The molecule has 0 bridgehead atoms. The number of fused-ring (bicyclic) bond motifs is 12. The molecule has 0 atom stereocenters. The van der Waals surface area contributed by atoms with Crippen molar-refractivity contribution in [1.29, 1.82) is 0 Å². The van der Waals surface area contributed by atoms with Crippen LogP contribution in [0, 0.1) is 0 Å². The van der Waals surface area contributed by atoms with Crippen LogP contribution >= 0.6 is 0 Å². The van der Waals surface area contributed by atoms with Crippen molar-refractivity contribution in [2.45, 2.75) is 12.8 Å². The third kappa shape index (κ3) is 5.70. The Morgan fingerprint density at radius 3 is 1.58 bits per heavy atom. The second-order valence-electron chi connectivity index (χ2n) is 17.5. The molecule has 1 aliphatic rings. The molecule has 5 nitrogen and oxygen atoms in total. The van der Waals surface area contributed by atoms with Gasteiger partial charge in [-0.25, -0.2) is 15.0 Å². The summed E-state index contributed by atoms with van der Waals surface area (Å²) in [6.45, 7) is 0. The summed E-state index contributed by atoms with van der Waals surface area (Å²) >= 11 is 0. The largest absolute Gasteiger partial charge is 0.309 e. The molecule has 0 saturated carbocycles. The molecule has 5 heteroatoms. The standard InChI is InChI=1S/C61H39N5/c1-2-15-41(16-3-1)59-62-60(46-24-22-38-12-4-6-17-42(38)34-46)64-61(63-59)47-25-23-45-37-49(30-27-44(45)35-47)66-53-31-28-40-14-8-9-19-50(40)56(53)58-55(66)33-32-54-57(58)51-20-10-11-21-52(51)65(54)48-29-26-39-13-5-7-18-43(39)36-48/h1-7,9-13,15-37H,8,14H2. The first-order valence-electron chi connectivity index (χ1n) is 22.7. The first kappa shape index (κ1) is 36.8. The minimum Gasteiger partial charge on any atom is -0.309 e. The molecular formula is C61H39N5. The van der Waals surface area contributed by atoms with E-state index in [2.05, 4.69) is 203 Å². The zero-order chi connectivity index (χ0) is 43.3. The molecule has 0 aliphatic heterocycles. The van der Waals surface area contributed by atoms with E-state index in [4.69, 9.17) is 15.0 Å². The molecule has 10 aromatic carbocycles. The molecule has 308 valence electrons. The fourth-order valence-corrected chi connectivity index (χ4v) is 10.6. The summed E-state index contributed by atoms with van der Waals surface area (Å²) in [5, 5.41) is 12.2. The zero-order valence-electron chi connectivity index (χ0n) is 35.9. The monoisotopic (exact) mass is 841 g/mol. The van der Waals surface area contributed by atoms with Crippen molar-refractivity contribution in [2.75, 3.05) is 0 Å². The predicted octanol–water partition coefficient (Wildman–Crippen LogP) is 15.5. The van der Waals surface area contributed by atoms with Crippen LogP contribution in [0.3, 0.4) is 0 Å². The van der Waals surface area contributed by atoms with E-state index < -0.39 is 0 Å². The summed E-state index contributed by atoms with van der Waals surface area (Å²) in [6.07, 6.45) is 6.81. The lowest BCUT2D eigenvalue weighted by atomic mass is 9.92. The van der Waals surface area contributed by atoms with E-state index in [1.54, 1.807) is 0 Å². The Bertz CT molecular complexity index is 4170. The SMILES string of the molecule is C1=Cc2c(ccc3c2c2c4c5ccccc5n(-c5ccc6ccccc6c5)c4ccc2n3-c2ccc3cc(-c4nc(-c5ccccc5)nc(-c5ccc6ccccc6c5)n4)ccc3c2)CC1. The van der Waals surface area contributed by atoms with Crippen molar-refractivity contribution in [3.05, 3.63) is 217 Å². The van der Waals surface area contributed by atoms with E-state index in [1.165, 1.54) is 70.9 Å². The van der Waals surface area contributed by atoms with E-state index in [0.29, 0.717) is 17.5 Å². The van der Waals surface area contributed by atoms with Gasteiger partial charge in [0.1, 0.15) is 0 Å². The van der Waals surface area contributed by atoms with E-state index in [-0.39, 0.29) is 0 Å². The predicted molar refractivity (Wildman–Crippen MR) is 275 cm³/mol. The van der Waals surface area contributed by atoms with Gasteiger partial charge in [-0.15, -0.1) is 0 Å². The van der Waals surface area contributed by atoms with Gasteiger partial charge in [0, 0.05) is 49.6 Å². The fraction of sp³-hybridized carbons (Fsp3) is 0.0328. The lowest BCUT2D eigenvalue weighted by Crippen LogP contribution is -2.00. The summed E-state index contributed by atoms with van der Waals surface area (Å²) in [7, 11) is 0. The third-order valence-electron chi connectivity index (χ3n) is 13.7. The maximum absolute atomic E-state index is 5.12. The van der Waals surface area contributed by atoms with Crippen LogP contribution in [0.4, 0.5) is 0 Å². The Morgan fingerprint density at radius 1 is 0.348 bits per heavy atom. The summed E-state index contributed by atoms with van der Waals surface area (Å²) in [6, 6.07) is 72.2. The molecule has 3 heterocycles. The van der Waals surface area contributed by atoms with Crippen LogP contribution in [-0.4, -0.2) is 24.1 Å². The van der Waals surface area contributed by atoms with E-state index >= 15 is 0 Å². The van der Waals surface area contributed by atoms with E-state index in [1.807, 2.05) is 18.2 Å². The first-order valence-corrected chi connectivity index (χ1v) is 22.7. The Labute approximate surface area is 380 Å². The van der Waals surface area contributed by atoms with Crippen LogP contribution < -0.4 is 0 Å². The Hall–Kier alpha value is -8.67. The molecule has 66 heavy (non-hydrogen) atoms. The minimum atomic E-state index is 0.644. The number of aryl methyl sites for hydroxylation is 1. The number of aromatic nitrogens is 5. The van der Waals surface area contributed by atoms with Crippen molar-refractivity contribution in [2.24, 2.45) is 0 Å². The van der Waals surface area contributed by atoms with Crippen molar-refractivity contribution in [3.8, 4) is 45.5 Å². The lowest BCUT2D eigenvalue weighted by Gasteiger charge is -2.13. The van der Waals surface area contributed by atoms with Crippen molar-refractivity contribution >= 4 is 82.0 Å². The van der Waals surface area contributed by atoms with Gasteiger partial charge < -0.3 is 9.13 Å². The van der Waals surface area contributed by atoms with Crippen LogP contribution in [0.2, 0.25) is 0 Å². The maximum Gasteiger partial charge on any atom is 0.164 e. The van der Waals surface area contributed by atoms with E-state index in [0.717, 1.165) is 57.1 Å². The highest BCUT2D eigenvalue weighted by atomic mass is 15.0. The van der Waals surface area contributed by atoms with Crippen LogP contribution in [0.25, 0.3) is 128 Å². The van der Waals surface area contributed by atoms with Gasteiger partial charge in [-0.05, 0) is 117 Å². The van der Waals surface area contributed by atoms with Gasteiger partial charge in [0.15, 0.2) is 17.5 Å². The van der Waals surface area contributed by atoms with Crippen LogP contribution in [0.15, 0.2) is 206 Å². The number of para-hydroxylation sites is 1. The van der Waals surface area contributed by atoms with Crippen molar-refractivity contribution in [1.82, 2.24) is 24.1 Å². The second-order valence-corrected chi connectivity index (χ2v) is 17.5. The number of nitrogens with zero attached hydrogens (tertiary/aromatic N) is 5. The summed E-state index contributed by atoms with van der Waals surface area (Å²) < 4.78 is 4.94. The van der Waals surface area contributed by atoms with Crippen molar-refractivity contribution in [3.63, 3.8) is 0 Å². The third-order valence-corrected chi connectivity index (χ3v) is 13.7. The Kier molecular flexibility index (Phi) is 8.04. The highest BCUT2D eigenvalue weighted by Gasteiger charge is 2.24. The molecule has 0 unspecified atom stereocenters. The van der Waals surface area contributed by atoms with Gasteiger partial charge in [-0.2, -0.15) is 0 Å². The first-order chi connectivity index (χ1) is 32.7. The molecule has 0 N–H and O–H groups in total. The highest BCUT2D eigenvalue weighted by molar-refractivity contribution is 6.30. The summed E-state index contributed by atoms with van der Waals surface area (Å²) in [5.74, 6) is 1.94. The fourth-order valence-electron chi connectivity index (χ4n) is 10.6. The number of benzene rings is 10. The Balaban J connectivity index is 0.953. The molecule has 3 aromatic heterocycles. The average Bonchev–Trinajstić information content (AvgIpc) is 3.91. The van der Waals surface area contributed by atoms with Gasteiger partial charge >= 0.3 is 0 Å². The molecule has 14 rings (SSSR count). The van der Waals surface area contributed by atoms with Gasteiger partial charge in [0.2, 0.25) is 0 Å². The summed E-state index contributed by atoms with van der Waals surface area (Å²) in [5.41, 5.74) is 12.7. The smallest absolute Gasteiger partial charge is 0.164 e. The highest BCUT2D eigenvalue weighted by Crippen LogP contribution is 2.45. The van der Waals surface area contributed by atoms with Gasteiger partial charge in [-0.1, -0.05) is 152 Å². The molecule has 0 spiro atoms. The Morgan fingerprint density at radius 2 is 0.848 bits per heavy atom. The molecule has 0 amide bonds. The van der Waals surface area contributed by atoms with Crippen molar-refractivity contribution < 1.29 is 0 Å². The number of allylic oxidation sites excluding steroid dienone is 1. The lowest BCUT2D eigenvalue weighted by molar-refractivity contribution is 0.989. The topological polar surface area (TPSA) is 48.5 Å². The average molecular weight is 842 g/mol. The van der Waals surface area contributed by atoms with Gasteiger partial charge in [-0.3, -0.25) is 0 Å². The number of rotatable bonds is 5. The number of hydrogen-bond donors (Lipinski definition) is 0. The van der Waals surface area contributed by atoms with Crippen LogP contribution in [0.5, 0.6) is 0 Å². The zero-order valence-corrected chi connectivity index (χ0v) is 35.9. The maximum atomic E-state index is 5.12. The van der Waals surface area contributed by atoms with Crippen LogP contribution in [-0.2, 0) is 6.42 Å². The molecule has 13 aromatic rings. The molecule has 0 radical (unpaired) electrons. The molecule has 0 saturated heterocycles. The van der Waals surface area contributed by atoms with Gasteiger partial charge in [0.05, 0.1) is 22.1 Å².